The molecular formula is C34H45N5O5S. The summed E-state index contributed by atoms with van der Waals surface area (Å²) >= 11 is 1.38. The molecule has 2 amide bonds. The number of anilines is 1. The minimum atomic E-state index is -1.16. The number of carboxylic acid groups (broad SMARTS) is 1. The zero-order valence-corrected chi connectivity index (χ0v) is 27.7. The van der Waals surface area contributed by atoms with Crippen molar-refractivity contribution >= 4 is 34.8 Å². The molecule has 3 aromatic rings. The van der Waals surface area contributed by atoms with Gasteiger partial charge in [-0.15, -0.1) is 11.3 Å². The van der Waals surface area contributed by atoms with Gasteiger partial charge in [-0.2, -0.15) is 0 Å². The number of carbonyl (C=O) groups excluding carboxylic acids is 2. The van der Waals surface area contributed by atoms with E-state index in [1.54, 1.807) is 6.07 Å². The number of nitrogens with zero attached hydrogens (tertiary/aromatic N) is 3. The molecule has 10 nitrogen and oxygen atoms in total. The second kappa shape index (κ2) is 15.4. The Balaban J connectivity index is 1.37. The summed E-state index contributed by atoms with van der Waals surface area (Å²) < 4.78 is 5.95. The van der Waals surface area contributed by atoms with Crippen LogP contribution in [0.2, 0.25) is 0 Å². The van der Waals surface area contributed by atoms with Gasteiger partial charge in [0, 0.05) is 36.6 Å². The molecule has 3 N–H and O–H groups in total. The number of amides is 2. The van der Waals surface area contributed by atoms with E-state index in [2.05, 4.69) is 53.2 Å². The Hall–Kier alpha value is -3.83. The fraction of sp³-hybridized carbons (Fsp3) is 0.500. The van der Waals surface area contributed by atoms with Crippen molar-refractivity contribution in [2.45, 2.75) is 90.3 Å². The molecule has 0 aliphatic carbocycles. The van der Waals surface area contributed by atoms with Crippen molar-refractivity contribution in [3.8, 4) is 11.4 Å². The topological polar surface area (TPSA) is 134 Å². The van der Waals surface area contributed by atoms with E-state index >= 15 is 0 Å². The summed E-state index contributed by atoms with van der Waals surface area (Å²) in [6, 6.07) is 9.07. The summed E-state index contributed by atoms with van der Waals surface area (Å²) in [5.74, 6) is -1.52. The fourth-order valence-corrected chi connectivity index (χ4v) is 5.84. The zero-order valence-electron chi connectivity index (χ0n) is 26.8. The van der Waals surface area contributed by atoms with Gasteiger partial charge in [0.2, 0.25) is 5.91 Å². The van der Waals surface area contributed by atoms with Crippen LogP contribution in [-0.2, 0) is 26.2 Å². The predicted octanol–water partition coefficient (Wildman–Crippen LogP) is 5.22. The van der Waals surface area contributed by atoms with E-state index in [0.29, 0.717) is 10.7 Å². The summed E-state index contributed by atoms with van der Waals surface area (Å²) in [5.41, 5.74) is 2.46. The lowest BCUT2D eigenvalue weighted by atomic mass is 9.95. The fourth-order valence-electron chi connectivity index (χ4n) is 4.87. The molecule has 0 spiro atoms. The van der Waals surface area contributed by atoms with Gasteiger partial charge in [-0.1, -0.05) is 71.2 Å². The van der Waals surface area contributed by atoms with Gasteiger partial charge in [-0.05, 0) is 36.5 Å². The molecule has 242 valence electrons. The number of hydrogen-bond acceptors (Lipinski definition) is 8. The van der Waals surface area contributed by atoms with Crippen molar-refractivity contribution in [3.05, 3.63) is 64.1 Å². The molecule has 3 heterocycles. The Bertz CT molecular complexity index is 1430. The van der Waals surface area contributed by atoms with E-state index in [1.165, 1.54) is 37.5 Å². The summed E-state index contributed by atoms with van der Waals surface area (Å²) in [5, 5.41) is 14.6. The monoisotopic (exact) mass is 635 g/mol. The number of carbonyl (C=O) groups is 3. The number of aliphatic carboxylic acids is 1. The minimum Gasteiger partial charge on any atom is -0.480 e. The third kappa shape index (κ3) is 9.58. The first-order chi connectivity index (χ1) is 21.4. The Kier molecular flexibility index (Phi) is 11.7. The van der Waals surface area contributed by atoms with Crippen molar-refractivity contribution in [2.24, 2.45) is 0 Å². The highest BCUT2D eigenvalue weighted by atomic mass is 32.1. The van der Waals surface area contributed by atoms with Crippen LogP contribution in [0.1, 0.15) is 80.4 Å². The number of nitrogens with one attached hydrogen (secondary N) is 2. The van der Waals surface area contributed by atoms with Gasteiger partial charge in [0.05, 0.1) is 29.1 Å². The van der Waals surface area contributed by atoms with Crippen LogP contribution in [0, 0.1) is 0 Å². The van der Waals surface area contributed by atoms with Crippen molar-refractivity contribution in [3.63, 3.8) is 0 Å². The maximum Gasteiger partial charge on any atom is 0.325 e. The molecule has 0 bridgehead atoms. The SMILES string of the molecule is CCCCCCOC1CN(c2cnc(-c3ccc(C[C@H](NC(=O)c4ccc(C(C)(C)C)s4)C(=O)N[C@H](C)C(=O)O)cc3)nc2)C1. The summed E-state index contributed by atoms with van der Waals surface area (Å²) in [4.78, 5) is 50.5. The highest BCUT2D eigenvalue weighted by Gasteiger charge is 2.29. The number of unbranched alkanes of at least 4 members (excludes halogenated alkanes) is 3. The first-order valence-corrected chi connectivity index (χ1v) is 16.5. The second-order valence-corrected chi connectivity index (χ2v) is 13.7. The lowest BCUT2D eigenvalue weighted by Crippen LogP contribution is -2.52. The molecule has 2 atom stereocenters. The quantitative estimate of drug-likeness (QED) is 0.194. The maximum atomic E-state index is 13.1. The molecule has 4 rings (SSSR count). The van der Waals surface area contributed by atoms with Crippen LogP contribution in [0.4, 0.5) is 5.69 Å². The number of rotatable bonds is 15. The molecule has 0 radical (unpaired) electrons. The van der Waals surface area contributed by atoms with E-state index in [1.807, 2.05) is 42.7 Å². The number of hydrogen-bond donors (Lipinski definition) is 3. The Morgan fingerprint density at radius 3 is 2.31 bits per heavy atom. The van der Waals surface area contributed by atoms with Crippen molar-refractivity contribution in [1.29, 1.82) is 0 Å². The van der Waals surface area contributed by atoms with Crippen LogP contribution in [0.5, 0.6) is 0 Å². The average molecular weight is 636 g/mol. The van der Waals surface area contributed by atoms with Gasteiger partial charge in [0.15, 0.2) is 5.82 Å². The van der Waals surface area contributed by atoms with E-state index in [-0.39, 0.29) is 23.8 Å². The van der Waals surface area contributed by atoms with Gasteiger partial charge < -0.3 is 25.4 Å². The van der Waals surface area contributed by atoms with Crippen LogP contribution in [-0.4, -0.2) is 70.7 Å². The zero-order chi connectivity index (χ0) is 32.6. The average Bonchev–Trinajstić information content (AvgIpc) is 3.50. The third-order valence-electron chi connectivity index (χ3n) is 7.77. The molecule has 1 aliphatic heterocycles. The lowest BCUT2D eigenvalue weighted by molar-refractivity contribution is -0.141. The molecule has 0 saturated carbocycles. The van der Waals surface area contributed by atoms with Gasteiger partial charge >= 0.3 is 5.97 Å². The molecule has 1 fully saturated rings. The number of benzene rings is 1. The predicted molar refractivity (Wildman–Crippen MR) is 177 cm³/mol. The highest BCUT2D eigenvalue weighted by molar-refractivity contribution is 7.14. The molecule has 2 aromatic heterocycles. The van der Waals surface area contributed by atoms with Gasteiger partial charge in [0.25, 0.3) is 5.91 Å². The summed E-state index contributed by atoms with van der Waals surface area (Å²) in [6.07, 6.45) is 8.89. The van der Waals surface area contributed by atoms with Crippen LogP contribution >= 0.6 is 11.3 Å². The number of thiophene rings is 1. The molecule has 1 aromatic carbocycles. The van der Waals surface area contributed by atoms with Gasteiger partial charge in [0.1, 0.15) is 12.1 Å². The van der Waals surface area contributed by atoms with Crippen molar-refractivity contribution < 1.29 is 24.2 Å². The number of carboxylic acids is 1. The second-order valence-electron chi connectivity index (χ2n) is 12.6. The van der Waals surface area contributed by atoms with Gasteiger partial charge in [-0.3, -0.25) is 14.4 Å². The van der Waals surface area contributed by atoms with E-state index < -0.39 is 24.0 Å². The van der Waals surface area contributed by atoms with Crippen molar-refractivity contribution in [1.82, 2.24) is 20.6 Å². The molecule has 45 heavy (non-hydrogen) atoms. The van der Waals surface area contributed by atoms with Crippen LogP contribution in [0.3, 0.4) is 0 Å². The molecular weight excluding hydrogens is 590 g/mol. The standard InChI is InChI=1S/C34H45N5O5S/c1-6-7-8-9-16-44-26-20-39(21-26)25-18-35-30(36-19-25)24-12-10-23(11-13-24)17-27(31(40)37-22(2)33(42)43)38-32(41)28-14-15-29(45-28)34(3,4)5/h10-15,18-19,22,26-27H,6-9,16-17,20-21H2,1-5H3,(H,37,40)(H,38,41)(H,42,43)/t22-,27+/m1/s1. The molecule has 0 unspecified atom stereocenters. The van der Waals surface area contributed by atoms with E-state index in [0.717, 1.165) is 47.8 Å². The first-order valence-electron chi connectivity index (χ1n) is 15.7. The molecule has 1 aliphatic rings. The van der Waals surface area contributed by atoms with E-state index in [4.69, 9.17) is 4.74 Å². The normalized spacial score (nSPS) is 14.8. The Morgan fingerprint density at radius 2 is 1.71 bits per heavy atom. The lowest BCUT2D eigenvalue weighted by Gasteiger charge is -2.40. The maximum absolute atomic E-state index is 13.1. The van der Waals surface area contributed by atoms with Gasteiger partial charge in [-0.25, -0.2) is 9.97 Å². The Morgan fingerprint density at radius 1 is 1.02 bits per heavy atom. The van der Waals surface area contributed by atoms with E-state index in [9.17, 15) is 19.5 Å². The molecule has 1 saturated heterocycles. The first kappa shape index (κ1) is 34.1. The van der Waals surface area contributed by atoms with Crippen LogP contribution in [0.25, 0.3) is 11.4 Å². The van der Waals surface area contributed by atoms with Crippen molar-refractivity contribution in [2.75, 3.05) is 24.6 Å². The third-order valence-corrected chi connectivity index (χ3v) is 9.28. The largest absolute Gasteiger partial charge is 0.480 e. The number of ether oxygens (including phenoxy) is 1. The van der Waals surface area contributed by atoms with Crippen LogP contribution in [0.15, 0.2) is 48.8 Å². The number of aromatic nitrogens is 2. The minimum absolute atomic E-state index is 0.108. The smallest absolute Gasteiger partial charge is 0.325 e. The molecule has 11 heteroatoms. The summed E-state index contributed by atoms with van der Waals surface area (Å²) in [7, 11) is 0. The highest BCUT2D eigenvalue weighted by Crippen LogP contribution is 2.29. The Labute approximate surface area is 269 Å². The summed E-state index contributed by atoms with van der Waals surface area (Å²) in [6.45, 7) is 12.3. The van der Waals surface area contributed by atoms with Crippen LogP contribution < -0.4 is 15.5 Å².